The zero-order valence-corrected chi connectivity index (χ0v) is 14.5. The summed E-state index contributed by atoms with van der Waals surface area (Å²) in [5.41, 5.74) is 3.09. The Hall–Kier alpha value is -1.55. The van der Waals surface area contributed by atoms with Crippen molar-refractivity contribution in [1.29, 1.82) is 0 Å². The highest BCUT2D eigenvalue weighted by Crippen LogP contribution is 2.24. The molecule has 0 aromatic heterocycles. The van der Waals surface area contributed by atoms with Crippen LogP contribution in [0.5, 0.6) is 0 Å². The van der Waals surface area contributed by atoms with Crippen LogP contribution in [0, 0.1) is 6.92 Å². The lowest BCUT2D eigenvalue weighted by Gasteiger charge is -2.34. The van der Waals surface area contributed by atoms with Crippen molar-refractivity contribution in [3.05, 3.63) is 29.3 Å². The molecule has 1 aromatic carbocycles. The van der Waals surface area contributed by atoms with Gasteiger partial charge in [0.25, 0.3) is 5.91 Å². The largest absolute Gasteiger partial charge is 0.367 e. The van der Waals surface area contributed by atoms with E-state index < -0.39 is 0 Å². The molecule has 0 radical (unpaired) electrons. The van der Waals surface area contributed by atoms with Crippen molar-refractivity contribution >= 4 is 11.6 Å². The Kier molecular flexibility index (Phi) is 5.46. The second-order valence-corrected chi connectivity index (χ2v) is 6.64. The molecule has 1 aliphatic rings. The fourth-order valence-corrected chi connectivity index (χ4v) is 3.28. The van der Waals surface area contributed by atoms with Gasteiger partial charge in [-0.05, 0) is 58.4 Å². The van der Waals surface area contributed by atoms with Gasteiger partial charge >= 0.3 is 0 Å². The lowest BCUT2D eigenvalue weighted by molar-refractivity contribution is 0.0735. The molecule has 0 spiro atoms. The summed E-state index contributed by atoms with van der Waals surface area (Å²) in [5.74, 6) is 0.159. The summed E-state index contributed by atoms with van der Waals surface area (Å²) in [6, 6.07) is 7.10. The first-order valence-electron chi connectivity index (χ1n) is 8.30. The summed E-state index contributed by atoms with van der Waals surface area (Å²) in [5, 5.41) is 3.28. The summed E-state index contributed by atoms with van der Waals surface area (Å²) in [6.45, 7) is 14.2. The molecule has 0 saturated carbocycles. The van der Waals surface area contributed by atoms with E-state index in [0.29, 0.717) is 12.1 Å². The van der Waals surface area contributed by atoms with Crippen molar-refractivity contribution < 1.29 is 4.79 Å². The van der Waals surface area contributed by atoms with Crippen molar-refractivity contribution in [1.82, 2.24) is 10.2 Å². The SMILES string of the molecule is Cc1cc(N(C(C)C)C(C)C)ccc1C(=O)N1CCNCC1. The van der Waals surface area contributed by atoms with Gasteiger partial charge in [-0.1, -0.05) is 0 Å². The average molecular weight is 303 g/mol. The average Bonchev–Trinajstić information content (AvgIpc) is 2.47. The molecule has 1 N–H and O–H groups in total. The van der Waals surface area contributed by atoms with E-state index >= 15 is 0 Å². The molecule has 1 fully saturated rings. The summed E-state index contributed by atoms with van der Waals surface area (Å²) >= 11 is 0. The van der Waals surface area contributed by atoms with Crippen LogP contribution < -0.4 is 10.2 Å². The molecular formula is C18H29N3O. The Morgan fingerprint density at radius 2 is 1.73 bits per heavy atom. The highest BCUT2D eigenvalue weighted by molar-refractivity contribution is 5.96. The van der Waals surface area contributed by atoms with Crippen LogP contribution in [0.4, 0.5) is 5.69 Å². The zero-order valence-electron chi connectivity index (χ0n) is 14.5. The molecule has 22 heavy (non-hydrogen) atoms. The Labute approximate surface area is 134 Å². The summed E-state index contributed by atoms with van der Waals surface area (Å²) < 4.78 is 0. The molecule has 4 heteroatoms. The van der Waals surface area contributed by atoms with Gasteiger partial charge in [0.2, 0.25) is 0 Å². The second kappa shape index (κ2) is 7.14. The third-order valence-electron chi connectivity index (χ3n) is 4.26. The standard InChI is InChI=1S/C18H29N3O/c1-13(2)21(14(3)4)16-6-7-17(15(5)12-16)18(22)20-10-8-19-9-11-20/h6-7,12-14,19H,8-11H2,1-5H3. The number of hydrogen-bond acceptors (Lipinski definition) is 3. The van der Waals surface area contributed by atoms with Crippen LogP contribution in [-0.2, 0) is 0 Å². The molecule has 122 valence electrons. The molecule has 0 unspecified atom stereocenters. The quantitative estimate of drug-likeness (QED) is 0.929. The number of aryl methyl sites for hydroxylation is 1. The molecule has 2 rings (SSSR count). The van der Waals surface area contributed by atoms with Crippen molar-refractivity contribution in [2.24, 2.45) is 0 Å². The summed E-state index contributed by atoms with van der Waals surface area (Å²) in [7, 11) is 0. The smallest absolute Gasteiger partial charge is 0.254 e. The number of nitrogens with one attached hydrogen (secondary N) is 1. The number of benzene rings is 1. The molecule has 0 atom stereocenters. The first kappa shape index (κ1) is 16.8. The Bertz CT molecular complexity index is 511. The first-order valence-corrected chi connectivity index (χ1v) is 8.30. The van der Waals surface area contributed by atoms with Gasteiger partial charge < -0.3 is 15.1 Å². The van der Waals surface area contributed by atoms with Crippen LogP contribution in [0.1, 0.15) is 43.6 Å². The van der Waals surface area contributed by atoms with Gasteiger partial charge in [-0.3, -0.25) is 4.79 Å². The van der Waals surface area contributed by atoms with E-state index in [0.717, 1.165) is 37.3 Å². The fraction of sp³-hybridized carbons (Fsp3) is 0.611. The van der Waals surface area contributed by atoms with Gasteiger partial charge in [0.15, 0.2) is 0 Å². The highest BCUT2D eigenvalue weighted by atomic mass is 16.2. The molecular weight excluding hydrogens is 274 g/mol. The van der Waals surface area contributed by atoms with Crippen molar-refractivity contribution in [3.8, 4) is 0 Å². The number of carbonyl (C=O) groups excluding carboxylic acids is 1. The molecule has 1 aliphatic heterocycles. The third kappa shape index (κ3) is 3.61. The lowest BCUT2D eigenvalue weighted by atomic mass is 10.0. The molecule has 1 heterocycles. The van der Waals surface area contributed by atoms with Gasteiger partial charge in [0, 0.05) is 49.5 Å². The number of hydrogen-bond donors (Lipinski definition) is 1. The van der Waals surface area contributed by atoms with E-state index in [4.69, 9.17) is 0 Å². The van der Waals surface area contributed by atoms with E-state index in [1.54, 1.807) is 0 Å². The molecule has 1 saturated heterocycles. The van der Waals surface area contributed by atoms with Crippen LogP contribution in [0.3, 0.4) is 0 Å². The highest BCUT2D eigenvalue weighted by Gasteiger charge is 2.21. The van der Waals surface area contributed by atoms with E-state index in [1.807, 2.05) is 17.9 Å². The monoisotopic (exact) mass is 303 g/mol. The minimum Gasteiger partial charge on any atom is -0.367 e. The second-order valence-electron chi connectivity index (χ2n) is 6.64. The molecule has 1 amide bonds. The number of amides is 1. The van der Waals surface area contributed by atoms with Crippen LogP contribution in [0.2, 0.25) is 0 Å². The number of carbonyl (C=O) groups is 1. The number of anilines is 1. The topological polar surface area (TPSA) is 35.6 Å². The van der Waals surface area contributed by atoms with E-state index in [9.17, 15) is 4.79 Å². The van der Waals surface area contributed by atoms with Crippen molar-refractivity contribution in [2.75, 3.05) is 31.1 Å². The third-order valence-corrected chi connectivity index (χ3v) is 4.26. The maximum Gasteiger partial charge on any atom is 0.254 e. The van der Waals surface area contributed by atoms with Gasteiger partial charge in [-0.2, -0.15) is 0 Å². The molecule has 0 aliphatic carbocycles. The van der Waals surface area contributed by atoms with Crippen molar-refractivity contribution in [3.63, 3.8) is 0 Å². The van der Waals surface area contributed by atoms with Crippen molar-refractivity contribution in [2.45, 2.75) is 46.7 Å². The maximum atomic E-state index is 12.7. The Balaban J connectivity index is 2.23. The molecule has 4 nitrogen and oxygen atoms in total. The van der Waals surface area contributed by atoms with Crippen LogP contribution >= 0.6 is 0 Å². The van der Waals surface area contributed by atoms with Gasteiger partial charge in [0.05, 0.1) is 0 Å². The number of nitrogens with zero attached hydrogens (tertiary/aromatic N) is 2. The normalized spacial score (nSPS) is 15.5. The Morgan fingerprint density at radius 3 is 2.23 bits per heavy atom. The number of rotatable bonds is 4. The Morgan fingerprint density at radius 1 is 1.14 bits per heavy atom. The predicted molar refractivity (Wildman–Crippen MR) is 92.7 cm³/mol. The van der Waals surface area contributed by atoms with E-state index in [1.165, 1.54) is 5.69 Å². The maximum absolute atomic E-state index is 12.7. The van der Waals surface area contributed by atoms with Gasteiger partial charge in [0.1, 0.15) is 0 Å². The predicted octanol–water partition coefficient (Wildman–Crippen LogP) is 2.66. The summed E-state index contributed by atoms with van der Waals surface area (Å²) in [6.07, 6.45) is 0. The lowest BCUT2D eigenvalue weighted by Crippen LogP contribution is -2.46. The zero-order chi connectivity index (χ0) is 16.3. The molecule has 1 aromatic rings. The van der Waals surface area contributed by atoms with E-state index in [2.05, 4.69) is 50.0 Å². The van der Waals surface area contributed by atoms with Crippen LogP contribution in [0.15, 0.2) is 18.2 Å². The van der Waals surface area contributed by atoms with Gasteiger partial charge in [-0.25, -0.2) is 0 Å². The number of piperazine rings is 1. The molecule has 0 bridgehead atoms. The van der Waals surface area contributed by atoms with E-state index in [-0.39, 0.29) is 5.91 Å². The first-order chi connectivity index (χ1) is 10.4. The summed E-state index contributed by atoms with van der Waals surface area (Å²) in [4.78, 5) is 17.0. The minimum absolute atomic E-state index is 0.159. The fourth-order valence-electron chi connectivity index (χ4n) is 3.28. The minimum atomic E-state index is 0.159. The van der Waals surface area contributed by atoms with Crippen LogP contribution in [0.25, 0.3) is 0 Å². The van der Waals surface area contributed by atoms with Gasteiger partial charge in [-0.15, -0.1) is 0 Å². The van der Waals surface area contributed by atoms with Crippen LogP contribution in [-0.4, -0.2) is 49.1 Å².